The third-order valence-corrected chi connectivity index (χ3v) is 8.11. The standard InChI is InChI=1S/C27H32N2O2S/c1-18-6-3-10-26-23(18)15-27(32-26)20-11-13-29(19(2)14-20)16-21(30)17-31-25-9-4-8-24-22(25)7-5-12-28-24/h3-10,15,19-21,28,30H,11-14,16-17H2,1-2H3. The summed E-state index contributed by atoms with van der Waals surface area (Å²) in [6.07, 6.45) is 5.97. The van der Waals surface area contributed by atoms with E-state index in [2.05, 4.69) is 66.5 Å². The molecule has 0 bridgehead atoms. The van der Waals surface area contributed by atoms with Gasteiger partial charge in [-0.15, -0.1) is 11.3 Å². The van der Waals surface area contributed by atoms with Gasteiger partial charge in [0.05, 0.1) is 0 Å². The van der Waals surface area contributed by atoms with E-state index in [1.54, 1.807) is 0 Å². The maximum Gasteiger partial charge on any atom is 0.128 e. The van der Waals surface area contributed by atoms with E-state index in [0.29, 0.717) is 25.1 Å². The highest BCUT2D eigenvalue weighted by molar-refractivity contribution is 7.19. The van der Waals surface area contributed by atoms with Crippen molar-refractivity contribution in [1.29, 1.82) is 0 Å². The van der Waals surface area contributed by atoms with Crippen LogP contribution in [-0.2, 0) is 0 Å². The molecular formula is C27H32N2O2S. The Balaban J connectivity index is 1.17. The lowest BCUT2D eigenvalue weighted by atomic mass is 9.90. The summed E-state index contributed by atoms with van der Waals surface area (Å²) >= 11 is 1.95. The van der Waals surface area contributed by atoms with Crippen molar-refractivity contribution in [2.75, 3.05) is 31.6 Å². The largest absolute Gasteiger partial charge is 0.490 e. The monoisotopic (exact) mass is 448 g/mol. The Morgan fingerprint density at radius 1 is 1.25 bits per heavy atom. The van der Waals surface area contributed by atoms with E-state index in [4.69, 9.17) is 4.74 Å². The van der Waals surface area contributed by atoms with Gasteiger partial charge in [-0.05, 0) is 74.4 Å². The average molecular weight is 449 g/mol. The third kappa shape index (κ3) is 4.42. The molecule has 4 nitrogen and oxygen atoms in total. The van der Waals surface area contributed by atoms with Crippen LogP contribution in [0.4, 0.5) is 5.69 Å². The number of rotatable bonds is 6. The van der Waals surface area contributed by atoms with Gasteiger partial charge in [0.15, 0.2) is 0 Å². The maximum absolute atomic E-state index is 10.7. The van der Waals surface area contributed by atoms with Crippen LogP contribution in [0, 0.1) is 6.92 Å². The van der Waals surface area contributed by atoms with Crippen LogP contribution >= 0.6 is 11.3 Å². The summed E-state index contributed by atoms with van der Waals surface area (Å²) in [7, 11) is 0. The first kappa shape index (κ1) is 21.5. The minimum atomic E-state index is -0.502. The van der Waals surface area contributed by atoms with E-state index in [1.807, 2.05) is 23.5 Å². The Bertz CT molecular complexity index is 1120. The van der Waals surface area contributed by atoms with E-state index in [1.165, 1.54) is 20.5 Å². The van der Waals surface area contributed by atoms with E-state index in [-0.39, 0.29) is 0 Å². The number of aliphatic hydroxyl groups is 1. The zero-order valence-corrected chi connectivity index (χ0v) is 19.7. The first-order valence-corrected chi connectivity index (χ1v) is 12.5. The molecule has 5 heteroatoms. The average Bonchev–Trinajstić information content (AvgIpc) is 3.25. The van der Waals surface area contributed by atoms with Gasteiger partial charge in [-0.1, -0.05) is 30.4 Å². The molecule has 0 aliphatic carbocycles. The number of likely N-dealkylation sites (tertiary alicyclic amines) is 1. The summed E-state index contributed by atoms with van der Waals surface area (Å²) < 4.78 is 7.41. The lowest BCUT2D eigenvalue weighted by Crippen LogP contribution is -2.45. The highest BCUT2D eigenvalue weighted by atomic mass is 32.1. The molecule has 0 saturated carbocycles. The van der Waals surface area contributed by atoms with Gasteiger partial charge >= 0.3 is 0 Å². The smallest absolute Gasteiger partial charge is 0.128 e. The summed E-state index contributed by atoms with van der Waals surface area (Å²) in [5, 5.41) is 15.5. The molecule has 1 fully saturated rings. The van der Waals surface area contributed by atoms with Crippen molar-refractivity contribution < 1.29 is 9.84 Å². The SMILES string of the molecule is Cc1cccc2sc(C3CCN(CC(O)COc4cccc5c4C=CCN5)C(C)C3)cc12. The lowest BCUT2D eigenvalue weighted by molar-refractivity contribution is 0.0404. The lowest BCUT2D eigenvalue weighted by Gasteiger charge is -2.38. The molecule has 32 heavy (non-hydrogen) atoms. The predicted molar refractivity (Wildman–Crippen MR) is 135 cm³/mol. The van der Waals surface area contributed by atoms with Crippen molar-refractivity contribution in [3.05, 3.63) is 64.5 Å². The fourth-order valence-corrected chi connectivity index (χ4v) is 6.32. The van der Waals surface area contributed by atoms with Gasteiger partial charge in [-0.2, -0.15) is 0 Å². The minimum Gasteiger partial charge on any atom is -0.490 e. The number of aryl methyl sites for hydroxylation is 1. The molecule has 1 aromatic heterocycles. The second-order valence-electron chi connectivity index (χ2n) is 9.17. The fraction of sp³-hybridized carbons (Fsp3) is 0.407. The van der Waals surface area contributed by atoms with Crippen molar-refractivity contribution in [2.24, 2.45) is 0 Å². The molecule has 3 unspecified atom stereocenters. The van der Waals surface area contributed by atoms with Crippen LogP contribution in [0.3, 0.4) is 0 Å². The highest BCUT2D eigenvalue weighted by Crippen LogP contribution is 2.39. The number of ether oxygens (including phenoxy) is 1. The minimum absolute atomic E-state index is 0.312. The zero-order valence-electron chi connectivity index (χ0n) is 18.9. The molecule has 2 aliphatic rings. The van der Waals surface area contributed by atoms with Gasteiger partial charge in [0.2, 0.25) is 0 Å². The molecule has 2 N–H and O–H groups in total. The molecule has 1 saturated heterocycles. The Hall–Kier alpha value is -2.34. The van der Waals surface area contributed by atoms with Crippen LogP contribution in [0.1, 0.15) is 41.7 Å². The third-order valence-electron chi connectivity index (χ3n) is 6.85. The molecule has 2 aliphatic heterocycles. The Labute approximate surface area is 194 Å². The van der Waals surface area contributed by atoms with E-state index >= 15 is 0 Å². The second-order valence-corrected chi connectivity index (χ2v) is 10.3. The molecular weight excluding hydrogens is 416 g/mol. The number of anilines is 1. The zero-order chi connectivity index (χ0) is 22.1. The van der Waals surface area contributed by atoms with Crippen molar-refractivity contribution in [1.82, 2.24) is 4.90 Å². The van der Waals surface area contributed by atoms with Crippen molar-refractivity contribution in [3.63, 3.8) is 0 Å². The van der Waals surface area contributed by atoms with E-state index < -0.39 is 6.10 Å². The van der Waals surface area contributed by atoms with Gasteiger partial charge in [0, 0.05) is 40.0 Å². The molecule has 168 valence electrons. The number of piperidine rings is 1. The van der Waals surface area contributed by atoms with Gasteiger partial charge in [-0.3, -0.25) is 4.90 Å². The van der Waals surface area contributed by atoms with Gasteiger partial charge < -0.3 is 15.2 Å². The van der Waals surface area contributed by atoms with Crippen molar-refractivity contribution in [2.45, 2.75) is 44.8 Å². The van der Waals surface area contributed by atoms with E-state index in [0.717, 1.165) is 42.9 Å². The normalized spacial score (nSPS) is 21.8. The molecule has 5 rings (SSSR count). The number of nitrogens with zero attached hydrogens (tertiary/aromatic N) is 1. The quantitative estimate of drug-likeness (QED) is 0.511. The van der Waals surface area contributed by atoms with Gasteiger partial charge in [0.1, 0.15) is 18.5 Å². The number of fused-ring (bicyclic) bond motifs is 2. The number of hydrogen-bond donors (Lipinski definition) is 2. The Kier molecular flexibility index (Phi) is 6.22. The van der Waals surface area contributed by atoms with Gasteiger partial charge in [0.25, 0.3) is 0 Å². The van der Waals surface area contributed by atoms with Gasteiger partial charge in [-0.25, -0.2) is 0 Å². The van der Waals surface area contributed by atoms with Crippen molar-refractivity contribution in [3.8, 4) is 5.75 Å². The van der Waals surface area contributed by atoms with Crippen LogP contribution in [0.5, 0.6) is 5.75 Å². The summed E-state index contributed by atoms with van der Waals surface area (Å²) in [5.41, 5.74) is 3.52. The molecule has 3 heterocycles. The van der Waals surface area contributed by atoms with Crippen LogP contribution < -0.4 is 10.1 Å². The first-order chi connectivity index (χ1) is 15.6. The molecule has 0 radical (unpaired) electrons. The number of aliphatic hydroxyl groups excluding tert-OH is 1. The molecule has 3 atom stereocenters. The highest BCUT2D eigenvalue weighted by Gasteiger charge is 2.29. The topological polar surface area (TPSA) is 44.7 Å². The number of thiophene rings is 1. The summed E-state index contributed by atoms with van der Waals surface area (Å²) in [4.78, 5) is 3.94. The first-order valence-electron chi connectivity index (χ1n) is 11.7. The summed E-state index contributed by atoms with van der Waals surface area (Å²) in [5.74, 6) is 1.44. The second kappa shape index (κ2) is 9.26. The number of nitrogens with one attached hydrogen (secondary N) is 1. The van der Waals surface area contributed by atoms with Crippen LogP contribution in [0.15, 0.2) is 48.5 Å². The van der Waals surface area contributed by atoms with Crippen LogP contribution in [0.2, 0.25) is 0 Å². The number of hydrogen-bond acceptors (Lipinski definition) is 5. The number of benzene rings is 2. The fourth-order valence-electron chi connectivity index (χ4n) is 5.03. The number of β-amino-alcohol motifs (C(OH)–C–C–N with tert-alkyl or cyclic N) is 1. The van der Waals surface area contributed by atoms with E-state index in [9.17, 15) is 5.11 Å². The Morgan fingerprint density at radius 3 is 2.97 bits per heavy atom. The Morgan fingerprint density at radius 2 is 2.12 bits per heavy atom. The molecule has 3 aromatic rings. The summed E-state index contributed by atoms with van der Waals surface area (Å²) in [6.45, 7) is 7.32. The summed E-state index contributed by atoms with van der Waals surface area (Å²) in [6, 6.07) is 15.5. The maximum atomic E-state index is 10.7. The predicted octanol–water partition coefficient (Wildman–Crippen LogP) is 5.66. The van der Waals surface area contributed by atoms with Crippen LogP contribution in [-0.4, -0.2) is 48.4 Å². The van der Waals surface area contributed by atoms with Crippen molar-refractivity contribution >= 4 is 33.2 Å². The molecule has 0 amide bonds. The van der Waals surface area contributed by atoms with Crippen LogP contribution in [0.25, 0.3) is 16.2 Å². The molecule has 0 spiro atoms. The molecule has 2 aromatic carbocycles.